The summed E-state index contributed by atoms with van der Waals surface area (Å²) in [6.07, 6.45) is 0. The average molecular weight is 331 g/mol. The molecular formula is C16H15BrN2O. The summed E-state index contributed by atoms with van der Waals surface area (Å²) in [5.41, 5.74) is 3.38. The molecule has 20 heavy (non-hydrogen) atoms. The molecule has 0 radical (unpaired) electrons. The van der Waals surface area contributed by atoms with Crippen LogP contribution in [0.2, 0.25) is 0 Å². The van der Waals surface area contributed by atoms with E-state index in [2.05, 4.69) is 40.3 Å². The third-order valence-electron chi connectivity index (χ3n) is 2.74. The Morgan fingerprint density at radius 3 is 2.85 bits per heavy atom. The van der Waals surface area contributed by atoms with Crippen LogP contribution < -0.4 is 10.1 Å². The van der Waals surface area contributed by atoms with Gasteiger partial charge in [-0.15, -0.1) is 0 Å². The van der Waals surface area contributed by atoms with Crippen molar-refractivity contribution >= 4 is 21.6 Å². The van der Waals surface area contributed by atoms with Gasteiger partial charge in [0.25, 0.3) is 0 Å². The van der Waals surface area contributed by atoms with E-state index in [1.165, 1.54) is 5.56 Å². The minimum absolute atomic E-state index is 0.0711. The number of benzene rings is 2. The molecule has 2 aromatic rings. The molecule has 0 aliphatic rings. The molecule has 0 heterocycles. The molecule has 2 aromatic carbocycles. The number of nitrogens with one attached hydrogen (secondary N) is 1. The summed E-state index contributed by atoms with van der Waals surface area (Å²) in [6.45, 7) is 2.84. The van der Waals surface area contributed by atoms with Gasteiger partial charge in [0, 0.05) is 16.7 Å². The standard InChI is InChI=1S/C16H15BrN2O/c1-12-7-14(17)10-15(8-12)19-11-13-3-2-4-16(9-13)20-6-5-18/h2-4,7-10,19H,6,11H2,1H3. The van der Waals surface area contributed by atoms with Crippen LogP contribution in [-0.4, -0.2) is 6.61 Å². The molecule has 0 aliphatic heterocycles. The zero-order chi connectivity index (χ0) is 14.4. The van der Waals surface area contributed by atoms with E-state index in [1.54, 1.807) is 0 Å². The van der Waals surface area contributed by atoms with Gasteiger partial charge >= 0.3 is 0 Å². The maximum Gasteiger partial charge on any atom is 0.174 e. The second kappa shape index (κ2) is 6.97. The SMILES string of the molecule is Cc1cc(Br)cc(NCc2cccc(OCC#N)c2)c1. The first-order chi connectivity index (χ1) is 9.67. The minimum Gasteiger partial charge on any atom is -0.479 e. The van der Waals surface area contributed by atoms with Gasteiger partial charge in [0.2, 0.25) is 0 Å². The molecule has 0 amide bonds. The first-order valence-corrected chi connectivity index (χ1v) is 7.06. The van der Waals surface area contributed by atoms with Crippen LogP contribution in [0.4, 0.5) is 5.69 Å². The van der Waals surface area contributed by atoms with Gasteiger partial charge in [-0.2, -0.15) is 5.26 Å². The summed E-state index contributed by atoms with van der Waals surface area (Å²) in [7, 11) is 0. The number of halogens is 1. The molecule has 2 rings (SSSR count). The number of hydrogen-bond donors (Lipinski definition) is 1. The molecule has 0 bridgehead atoms. The summed E-state index contributed by atoms with van der Waals surface area (Å²) in [6, 6.07) is 15.9. The molecule has 0 saturated carbocycles. The minimum atomic E-state index is 0.0711. The van der Waals surface area contributed by atoms with Crippen LogP contribution in [0, 0.1) is 18.3 Å². The molecular weight excluding hydrogens is 316 g/mol. The Balaban J connectivity index is 2.01. The van der Waals surface area contributed by atoms with Crippen LogP contribution in [0.3, 0.4) is 0 Å². The lowest BCUT2D eigenvalue weighted by Gasteiger charge is -2.09. The number of nitrogens with zero attached hydrogens (tertiary/aromatic N) is 1. The summed E-state index contributed by atoms with van der Waals surface area (Å²) in [5, 5.41) is 11.9. The molecule has 0 aliphatic carbocycles. The first kappa shape index (κ1) is 14.4. The molecule has 0 aromatic heterocycles. The molecule has 3 nitrogen and oxygen atoms in total. The highest BCUT2D eigenvalue weighted by Crippen LogP contribution is 2.20. The van der Waals surface area contributed by atoms with Crippen molar-refractivity contribution in [2.45, 2.75) is 13.5 Å². The van der Waals surface area contributed by atoms with Crippen molar-refractivity contribution in [3.63, 3.8) is 0 Å². The van der Waals surface area contributed by atoms with Gasteiger partial charge in [0.15, 0.2) is 6.61 Å². The normalized spacial score (nSPS) is 9.85. The van der Waals surface area contributed by atoms with Gasteiger partial charge in [0.1, 0.15) is 11.8 Å². The van der Waals surface area contributed by atoms with Gasteiger partial charge in [-0.05, 0) is 48.4 Å². The third-order valence-corrected chi connectivity index (χ3v) is 3.20. The van der Waals surface area contributed by atoms with E-state index in [-0.39, 0.29) is 6.61 Å². The summed E-state index contributed by atoms with van der Waals surface area (Å²) >= 11 is 3.49. The summed E-state index contributed by atoms with van der Waals surface area (Å²) in [4.78, 5) is 0. The fourth-order valence-electron chi connectivity index (χ4n) is 1.90. The van der Waals surface area contributed by atoms with E-state index < -0.39 is 0 Å². The van der Waals surface area contributed by atoms with E-state index in [0.717, 1.165) is 21.5 Å². The Bertz CT molecular complexity index is 614. The topological polar surface area (TPSA) is 45.0 Å². The lowest BCUT2D eigenvalue weighted by Crippen LogP contribution is -2.00. The van der Waals surface area contributed by atoms with Gasteiger partial charge in [-0.3, -0.25) is 0 Å². The fourth-order valence-corrected chi connectivity index (χ4v) is 2.51. The van der Waals surface area contributed by atoms with Crippen molar-refractivity contribution in [3.05, 3.63) is 58.1 Å². The zero-order valence-corrected chi connectivity index (χ0v) is 12.8. The van der Waals surface area contributed by atoms with Crippen molar-refractivity contribution in [2.24, 2.45) is 0 Å². The Labute approximate surface area is 127 Å². The highest BCUT2D eigenvalue weighted by molar-refractivity contribution is 9.10. The number of aryl methyl sites for hydroxylation is 1. The third kappa shape index (κ3) is 4.29. The molecule has 4 heteroatoms. The van der Waals surface area contributed by atoms with Crippen molar-refractivity contribution in [3.8, 4) is 11.8 Å². The van der Waals surface area contributed by atoms with Crippen LogP contribution in [0.5, 0.6) is 5.75 Å². The number of hydrogen-bond acceptors (Lipinski definition) is 3. The molecule has 0 atom stereocenters. The lowest BCUT2D eigenvalue weighted by molar-refractivity contribution is 0.368. The van der Waals surface area contributed by atoms with E-state index in [1.807, 2.05) is 36.4 Å². The van der Waals surface area contributed by atoms with Gasteiger partial charge in [-0.1, -0.05) is 28.1 Å². The molecule has 0 unspecified atom stereocenters. The Morgan fingerprint density at radius 1 is 1.25 bits per heavy atom. The second-order valence-corrected chi connectivity index (χ2v) is 5.38. The number of ether oxygens (including phenoxy) is 1. The van der Waals surface area contributed by atoms with Crippen molar-refractivity contribution in [1.29, 1.82) is 5.26 Å². The van der Waals surface area contributed by atoms with Gasteiger partial charge < -0.3 is 10.1 Å². The second-order valence-electron chi connectivity index (χ2n) is 4.47. The maximum atomic E-state index is 8.51. The van der Waals surface area contributed by atoms with Crippen molar-refractivity contribution in [2.75, 3.05) is 11.9 Å². The van der Waals surface area contributed by atoms with Crippen molar-refractivity contribution < 1.29 is 4.74 Å². The maximum absolute atomic E-state index is 8.51. The Morgan fingerprint density at radius 2 is 2.10 bits per heavy atom. The van der Waals surface area contributed by atoms with E-state index in [0.29, 0.717) is 6.54 Å². The molecule has 0 fully saturated rings. The average Bonchev–Trinajstić information content (AvgIpc) is 2.42. The smallest absolute Gasteiger partial charge is 0.174 e. The van der Waals surface area contributed by atoms with Crippen LogP contribution in [0.25, 0.3) is 0 Å². The van der Waals surface area contributed by atoms with Gasteiger partial charge in [0.05, 0.1) is 0 Å². The molecule has 1 N–H and O–H groups in total. The van der Waals surface area contributed by atoms with Crippen LogP contribution in [-0.2, 0) is 6.54 Å². The van der Waals surface area contributed by atoms with Crippen molar-refractivity contribution in [1.82, 2.24) is 0 Å². The van der Waals surface area contributed by atoms with E-state index in [9.17, 15) is 0 Å². The zero-order valence-electron chi connectivity index (χ0n) is 11.2. The van der Waals surface area contributed by atoms with Crippen LogP contribution >= 0.6 is 15.9 Å². The Kier molecular flexibility index (Phi) is 5.03. The number of rotatable bonds is 5. The lowest BCUT2D eigenvalue weighted by atomic mass is 10.2. The van der Waals surface area contributed by atoms with E-state index >= 15 is 0 Å². The highest BCUT2D eigenvalue weighted by atomic mass is 79.9. The first-order valence-electron chi connectivity index (χ1n) is 6.27. The predicted octanol–water partition coefficient (Wildman–Crippen LogP) is 4.27. The summed E-state index contributed by atoms with van der Waals surface area (Å²) < 4.78 is 6.35. The van der Waals surface area contributed by atoms with Gasteiger partial charge in [-0.25, -0.2) is 0 Å². The summed E-state index contributed by atoms with van der Waals surface area (Å²) in [5.74, 6) is 0.719. The quantitative estimate of drug-likeness (QED) is 0.890. The predicted molar refractivity (Wildman–Crippen MR) is 83.8 cm³/mol. The monoisotopic (exact) mass is 330 g/mol. The molecule has 0 spiro atoms. The highest BCUT2D eigenvalue weighted by Gasteiger charge is 1.99. The van der Waals surface area contributed by atoms with E-state index in [4.69, 9.17) is 10.00 Å². The molecule has 102 valence electrons. The number of anilines is 1. The Hall–Kier alpha value is -1.99. The molecule has 0 saturated heterocycles. The fraction of sp³-hybridized carbons (Fsp3) is 0.188. The largest absolute Gasteiger partial charge is 0.479 e. The van der Waals surface area contributed by atoms with Crippen LogP contribution in [0.1, 0.15) is 11.1 Å². The van der Waals surface area contributed by atoms with Crippen LogP contribution in [0.15, 0.2) is 46.9 Å². The number of nitriles is 1.